The minimum atomic E-state index is -3.82. The first-order valence-electron chi connectivity index (χ1n) is 9.71. The minimum absolute atomic E-state index is 0.132. The second-order valence-electron chi connectivity index (χ2n) is 7.13. The van der Waals surface area contributed by atoms with Crippen LogP contribution in [0.15, 0.2) is 65.6 Å². The van der Waals surface area contributed by atoms with Gasteiger partial charge in [0.2, 0.25) is 15.9 Å². The van der Waals surface area contributed by atoms with Crippen molar-refractivity contribution in [2.75, 3.05) is 32.8 Å². The van der Waals surface area contributed by atoms with Gasteiger partial charge < -0.3 is 14.4 Å². The third-order valence-electron chi connectivity index (χ3n) is 5.22. The molecule has 2 aromatic carbocycles. The molecule has 2 fully saturated rings. The number of morpholine rings is 1. The number of carbonyl (C=O) groups excluding carboxylic acids is 1. The molecule has 0 aromatic heterocycles. The lowest BCUT2D eigenvalue weighted by Gasteiger charge is -2.31. The Bertz CT molecular complexity index is 930. The lowest BCUT2D eigenvalue weighted by Crippen LogP contribution is -2.50. The highest BCUT2D eigenvalue weighted by atomic mass is 32.2. The Labute approximate surface area is 170 Å². The second-order valence-corrected chi connectivity index (χ2v) is 9.02. The van der Waals surface area contributed by atoms with Gasteiger partial charge in [0.25, 0.3) is 0 Å². The van der Waals surface area contributed by atoms with Crippen LogP contribution in [0.3, 0.4) is 0 Å². The number of sulfonamides is 1. The van der Waals surface area contributed by atoms with Crippen LogP contribution < -0.4 is 4.74 Å². The first kappa shape index (κ1) is 19.9. The molecule has 0 bridgehead atoms. The van der Waals surface area contributed by atoms with Crippen molar-refractivity contribution in [3.63, 3.8) is 0 Å². The van der Waals surface area contributed by atoms with Crippen molar-refractivity contribution in [1.29, 1.82) is 0 Å². The van der Waals surface area contributed by atoms with Crippen molar-refractivity contribution in [1.82, 2.24) is 9.21 Å². The molecule has 2 heterocycles. The van der Waals surface area contributed by atoms with Crippen molar-refractivity contribution in [2.24, 2.45) is 0 Å². The fraction of sp³-hybridized carbons (Fsp3) is 0.381. The van der Waals surface area contributed by atoms with Crippen molar-refractivity contribution in [2.45, 2.75) is 23.5 Å². The Kier molecular flexibility index (Phi) is 5.84. The molecule has 7 nitrogen and oxygen atoms in total. The number of benzene rings is 2. The summed E-state index contributed by atoms with van der Waals surface area (Å²) in [5.41, 5.74) is 0. The molecule has 1 amide bonds. The lowest BCUT2D eigenvalue weighted by molar-refractivity contribution is -0.138. The average Bonchev–Trinajstić information content (AvgIpc) is 3.20. The molecule has 8 heteroatoms. The maximum Gasteiger partial charge on any atom is 0.243 e. The first-order valence-corrected chi connectivity index (χ1v) is 11.1. The smallest absolute Gasteiger partial charge is 0.243 e. The third kappa shape index (κ3) is 4.29. The molecule has 29 heavy (non-hydrogen) atoms. The van der Waals surface area contributed by atoms with Gasteiger partial charge in [0.05, 0.1) is 24.7 Å². The SMILES string of the molecule is O=C([C@@H]1C[C@H](Oc2ccccc2)CN1S(=O)(=O)c1ccccc1)N1CCOCC1. The Morgan fingerprint density at radius 3 is 2.24 bits per heavy atom. The molecule has 2 atom stereocenters. The maximum absolute atomic E-state index is 13.3. The molecule has 0 aliphatic carbocycles. The van der Waals surface area contributed by atoms with Gasteiger partial charge in [0, 0.05) is 19.5 Å². The van der Waals surface area contributed by atoms with E-state index in [4.69, 9.17) is 9.47 Å². The Morgan fingerprint density at radius 1 is 0.966 bits per heavy atom. The van der Waals surface area contributed by atoms with E-state index in [0.717, 1.165) is 0 Å². The molecule has 0 spiro atoms. The minimum Gasteiger partial charge on any atom is -0.489 e. The highest BCUT2D eigenvalue weighted by Gasteiger charge is 2.46. The Morgan fingerprint density at radius 2 is 1.59 bits per heavy atom. The molecule has 0 radical (unpaired) electrons. The van der Waals surface area contributed by atoms with Crippen LogP contribution in [0.5, 0.6) is 5.75 Å². The molecule has 2 aromatic rings. The van der Waals surface area contributed by atoms with Crippen LogP contribution in [0.25, 0.3) is 0 Å². The summed E-state index contributed by atoms with van der Waals surface area (Å²) in [6, 6.07) is 16.7. The third-order valence-corrected chi connectivity index (χ3v) is 7.11. The molecular weight excluding hydrogens is 392 g/mol. The number of para-hydroxylation sites is 1. The quantitative estimate of drug-likeness (QED) is 0.742. The van der Waals surface area contributed by atoms with Gasteiger partial charge in [-0.2, -0.15) is 4.31 Å². The summed E-state index contributed by atoms with van der Waals surface area (Å²) in [6.45, 7) is 2.01. The highest BCUT2D eigenvalue weighted by Crippen LogP contribution is 2.30. The number of nitrogens with zero attached hydrogens (tertiary/aromatic N) is 2. The van der Waals surface area contributed by atoms with E-state index < -0.39 is 22.2 Å². The fourth-order valence-corrected chi connectivity index (χ4v) is 5.40. The van der Waals surface area contributed by atoms with Crippen LogP contribution in [-0.2, 0) is 19.6 Å². The van der Waals surface area contributed by atoms with Crippen LogP contribution in [-0.4, -0.2) is 68.5 Å². The zero-order valence-electron chi connectivity index (χ0n) is 16.0. The monoisotopic (exact) mass is 416 g/mol. The van der Waals surface area contributed by atoms with Crippen LogP contribution in [0, 0.1) is 0 Å². The topological polar surface area (TPSA) is 76.2 Å². The Hall–Kier alpha value is -2.42. The maximum atomic E-state index is 13.3. The van der Waals surface area contributed by atoms with Gasteiger partial charge in [-0.3, -0.25) is 4.79 Å². The van der Waals surface area contributed by atoms with Crippen molar-refractivity contribution < 1.29 is 22.7 Å². The molecule has 2 aliphatic rings. The van der Waals surface area contributed by atoms with E-state index in [1.807, 2.05) is 30.3 Å². The van der Waals surface area contributed by atoms with E-state index in [1.54, 1.807) is 35.2 Å². The average molecular weight is 416 g/mol. The zero-order valence-corrected chi connectivity index (χ0v) is 16.8. The number of carbonyl (C=O) groups is 1. The summed E-state index contributed by atoms with van der Waals surface area (Å²) in [4.78, 5) is 15.1. The molecule has 2 saturated heterocycles. The van der Waals surface area contributed by atoms with Crippen LogP contribution in [0.1, 0.15) is 6.42 Å². The van der Waals surface area contributed by atoms with Gasteiger partial charge in [-0.1, -0.05) is 36.4 Å². The predicted molar refractivity (Wildman–Crippen MR) is 107 cm³/mol. The standard InChI is InChI=1S/C21H24N2O5S/c24-21(22-11-13-27-14-12-22)20-15-18(28-17-7-3-1-4-8-17)16-23(20)29(25,26)19-9-5-2-6-10-19/h1-10,18,20H,11-16H2/t18-,20-/m0/s1. The zero-order chi connectivity index (χ0) is 20.3. The summed E-state index contributed by atoms with van der Waals surface area (Å²) < 4.78 is 39.2. The number of amides is 1. The summed E-state index contributed by atoms with van der Waals surface area (Å²) >= 11 is 0. The van der Waals surface area contributed by atoms with E-state index >= 15 is 0 Å². The molecule has 0 N–H and O–H groups in total. The molecule has 0 saturated carbocycles. The largest absolute Gasteiger partial charge is 0.489 e. The Balaban J connectivity index is 1.61. The molecular formula is C21H24N2O5S. The number of hydrogen-bond acceptors (Lipinski definition) is 5. The lowest BCUT2D eigenvalue weighted by atomic mass is 10.1. The molecule has 2 aliphatic heterocycles. The predicted octanol–water partition coefficient (Wildman–Crippen LogP) is 1.76. The van der Waals surface area contributed by atoms with Gasteiger partial charge in [-0.05, 0) is 24.3 Å². The highest BCUT2D eigenvalue weighted by molar-refractivity contribution is 7.89. The van der Waals surface area contributed by atoms with E-state index in [-0.39, 0.29) is 17.3 Å². The van der Waals surface area contributed by atoms with E-state index in [0.29, 0.717) is 38.5 Å². The number of ether oxygens (including phenoxy) is 2. The van der Waals surface area contributed by atoms with Gasteiger partial charge >= 0.3 is 0 Å². The van der Waals surface area contributed by atoms with Gasteiger partial charge in [-0.15, -0.1) is 0 Å². The summed E-state index contributed by atoms with van der Waals surface area (Å²) in [5, 5.41) is 0. The summed E-state index contributed by atoms with van der Waals surface area (Å²) in [6.07, 6.45) is -0.0807. The van der Waals surface area contributed by atoms with Crippen molar-refractivity contribution in [3.8, 4) is 5.75 Å². The van der Waals surface area contributed by atoms with Crippen LogP contribution in [0.4, 0.5) is 0 Å². The molecule has 0 unspecified atom stereocenters. The van der Waals surface area contributed by atoms with E-state index in [2.05, 4.69) is 0 Å². The van der Waals surface area contributed by atoms with Gasteiger partial charge in [0.15, 0.2) is 0 Å². The number of hydrogen-bond donors (Lipinski definition) is 0. The van der Waals surface area contributed by atoms with E-state index in [1.165, 1.54) is 4.31 Å². The summed E-state index contributed by atoms with van der Waals surface area (Å²) in [7, 11) is -3.82. The fourth-order valence-electron chi connectivity index (χ4n) is 3.76. The van der Waals surface area contributed by atoms with Crippen LogP contribution in [0.2, 0.25) is 0 Å². The first-order chi connectivity index (χ1) is 14.1. The van der Waals surface area contributed by atoms with Crippen molar-refractivity contribution >= 4 is 15.9 Å². The number of rotatable bonds is 5. The normalized spacial score (nSPS) is 23.1. The molecule has 4 rings (SSSR count). The van der Waals surface area contributed by atoms with Gasteiger partial charge in [-0.25, -0.2) is 8.42 Å². The van der Waals surface area contributed by atoms with Gasteiger partial charge in [0.1, 0.15) is 17.9 Å². The molecule has 154 valence electrons. The summed E-state index contributed by atoms with van der Waals surface area (Å²) in [5.74, 6) is 0.473. The van der Waals surface area contributed by atoms with Crippen molar-refractivity contribution in [3.05, 3.63) is 60.7 Å². The van der Waals surface area contributed by atoms with Crippen LogP contribution >= 0.6 is 0 Å². The second kappa shape index (κ2) is 8.52. The van der Waals surface area contributed by atoms with E-state index in [9.17, 15) is 13.2 Å².